The average molecular weight is 654 g/mol. The monoisotopic (exact) mass is 654 g/mol. The number of rotatable bonds is 31. The molecule has 0 N–H and O–H groups in total. The number of hydrogen-bond donors (Lipinski definition) is 0. The highest BCUT2D eigenvalue weighted by Crippen LogP contribution is 2.44. The van der Waals surface area contributed by atoms with Crippen LogP contribution in [0.3, 0.4) is 0 Å². The number of hydrogen-bond acceptors (Lipinski definition) is 3. The summed E-state index contributed by atoms with van der Waals surface area (Å²) in [5, 5.41) is 0. The highest BCUT2D eigenvalue weighted by atomic mass is 16.8. The molecule has 0 radical (unpaired) electrons. The molecule has 2 rings (SSSR count). The molecule has 3 heteroatoms. The van der Waals surface area contributed by atoms with E-state index in [1.54, 1.807) is 0 Å². The molecule has 2 aliphatic rings. The van der Waals surface area contributed by atoms with E-state index in [0.717, 1.165) is 38.5 Å². The van der Waals surface area contributed by atoms with E-state index in [4.69, 9.17) is 9.47 Å². The van der Waals surface area contributed by atoms with E-state index in [1.165, 1.54) is 141 Å². The van der Waals surface area contributed by atoms with Crippen LogP contribution in [0.5, 0.6) is 0 Å². The standard InChI is InChI=1S/C44H79NO2/c1-5-7-9-11-13-15-17-19-21-23-25-27-29-31-33-35-37-44(46-42-39-41(45(3)4)40-43(42)47-44)38-36-34-32-30-28-26-24-22-20-18-16-14-12-10-8-6-2/h13-16,19-22,41-43H,5-12,17-18,23-40H2,1-4H3/t41?,42-,43+,44?. The van der Waals surface area contributed by atoms with Gasteiger partial charge in [-0.25, -0.2) is 0 Å². The van der Waals surface area contributed by atoms with Crippen molar-refractivity contribution in [3.05, 3.63) is 48.6 Å². The molecule has 1 heterocycles. The molecule has 3 atom stereocenters. The Morgan fingerprint density at radius 3 is 1.17 bits per heavy atom. The molecule has 0 aromatic heterocycles. The van der Waals surface area contributed by atoms with Crippen LogP contribution >= 0.6 is 0 Å². The van der Waals surface area contributed by atoms with Gasteiger partial charge in [-0.1, -0.05) is 140 Å². The largest absolute Gasteiger partial charge is 0.344 e. The number of fused-ring (bicyclic) bond motifs is 1. The van der Waals surface area contributed by atoms with E-state index in [2.05, 4.69) is 81.5 Å². The molecule has 0 amide bonds. The summed E-state index contributed by atoms with van der Waals surface area (Å²) in [4.78, 5) is 2.36. The molecule has 1 aliphatic heterocycles. The van der Waals surface area contributed by atoms with Crippen LogP contribution in [0.15, 0.2) is 48.6 Å². The Morgan fingerprint density at radius 2 is 0.809 bits per heavy atom. The molecule has 1 aliphatic carbocycles. The zero-order chi connectivity index (χ0) is 33.7. The van der Waals surface area contributed by atoms with Gasteiger partial charge in [0.05, 0.1) is 12.2 Å². The van der Waals surface area contributed by atoms with Crippen LogP contribution in [0, 0.1) is 0 Å². The fourth-order valence-corrected chi connectivity index (χ4v) is 7.31. The summed E-state index contributed by atoms with van der Waals surface area (Å²) in [5.41, 5.74) is 0. The second-order valence-electron chi connectivity index (χ2n) is 15.0. The van der Waals surface area contributed by atoms with Gasteiger partial charge >= 0.3 is 0 Å². The SMILES string of the molecule is CCCCCC=CCC=CCCCCCCCCC1(CCCCCCCCC=CCC=CCCCCC)O[C@H]2CC(N(C)C)C[C@H]2O1. The zero-order valence-corrected chi connectivity index (χ0v) is 31.9. The Labute approximate surface area is 294 Å². The first-order valence-electron chi connectivity index (χ1n) is 20.7. The third-order valence-electron chi connectivity index (χ3n) is 10.4. The van der Waals surface area contributed by atoms with E-state index in [1.807, 2.05) is 0 Å². The summed E-state index contributed by atoms with van der Waals surface area (Å²) >= 11 is 0. The van der Waals surface area contributed by atoms with Crippen molar-refractivity contribution in [1.82, 2.24) is 4.90 Å². The van der Waals surface area contributed by atoms with Gasteiger partial charge in [0.25, 0.3) is 0 Å². The van der Waals surface area contributed by atoms with Gasteiger partial charge in [0.2, 0.25) is 0 Å². The topological polar surface area (TPSA) is 21.7 Å². The molecular formula is C44H79NO2. The lowest BCUT2D eigenvalue weighted by molar-refractivity contribution is -0.193. The fourth-order valence-electron chi connectivity index (χ4n) is 7.31. The zero-order valence-electron chi connectivity index (χ0n) is 31.9. The highest BCUT2D eigenvalue weighted by Gasteiger charge is 2.51. The van der Waals surface area contributed by atoms with E-state index in [0.29, 0.717) is 18.2 Å². The minimum Gasteiger partial charge on any atom is -0.344 e. The lowest BCUT2D eigenvalue weighted by Gasteiger charge is -2.31. The van der Waals surface area contributed by atoms with Crippen molar-refractivity contribution in [1.29, 1.82) is 0 Å². The molecule has 0 bridgehead atoms. The Balaban J connectivity index is 1.55. The summed E-state index contributed by atoms with van der Waals surface area (Å²) in [6.07, 6.45) is 55.0. The number of allylic oxidation sites excluding steroid dienone is 8. The van der Waals surface area contributed by atoms with Crippen molar-refractivity contribution in [3.63, 3.8) is 0 Å². The number of unbranched alkanes of at least 4 members (excludes halogenated alkanes) is 18. The van der Waals surface area contributed by atoms with E-state index in [-0.39, 0.29) is 5.79 Å². The van der Waals surface area contributed by atoms with Crippen LogP contribution in [0.25, 0.3) is 0 Å². The molecule has 0 aromatic carbocycles. The normalized spacial score (nSPS) is 23.2. The summed E-state index contributed by atoms with van der Waals surface area (Å²) in [5.74, 6) is -0.308. The maximum atomic E-state index is 6.83. The lowest BCUT2D eigenvalue weighted by Crippen LogP contribution is -2.34. The Bertz CT molecular complexity index is 763. The van der Waals surface area contributed by atoms with Gasteiger partial charge in [0, 0.05) is 18.9 Å². The van der Waals surface area contributed by atoms with Gasteiger partial charge in [-0.3, -0.25) is 0 Å². The van der Waals surface area contributed by atoms with E-state index in [9.17, 15) is 0 Å². The number of ether oxygens (including phenoxy) is 2. The Kier molecular flexibility index (Phi) is 25.6. The highest BCUT2D eigenvalue weighted by molar-refractivity contribution is 4.97. The van der Waals surface area contributed by atoms with Crippen molar-refractivity contribution >= 4 is 0 Å². The van der Waals surface area contributed by atoms with Crippen LogP contribution in [0.2, 0.25) is 0 Å². The predicted molar refractivity (Wildman–Crippen MR) is 207 cm³/mol. The van der Waals surface area contributed by atoms with Crippen molar-refractivity contribution in [2.75, 3.05) is 14.1 Å². The summed E-state index contributed by atoms with van der Waals surface area (Å²) < 4.78 is 13.7. The van der Waals surface area contributed by atoms with E-state index < -0.39 is 0 Å². The molecule has 272 valence electrons. The van der Waals surface area contributed by atoms with Gasteiger partial charge < -0.3 is 14.4 Å². The van der Waals surface area contributed by atoms with Crippen molar-refractivity contribution in [2.24, 2.45) is 0 Å². The first-order chi connectivity index (χ1) is 23.1. The lowest BCUT2D eigenvalue weighted by atomic mass is 9.98. The molecule has 1 unspecified atom stereocenters. The molecule has 0 spiro atoms. The first-order valence-corrected chi connectivity index (χ1v) is 20.7. The van der Waals surface area contributed by atoms with Gasteiger partial charge in [-0.15, -0.1) is 0 Å². The third-order valence-corrected chi connectivity index (χ3v) is 10.4. The average Bonchev–Trinajstić information content (AvgIpc) is 3.61. The summed E-state index contributed by atoms with van der Waals surface area (Å²) in [6, 6.07) is 0.603. The quantitative estimate of drug-likeness (QED) is 0.0549. The molecule has 1 saturated heterocycles. The van der Waals surface area contributed by atoms with Gasteiger partial charge in [0.1, 0.15) is 0 Å². The second kappa shape index (κ2) is 28.7. The summed E-state index contributed by atoms with van der Waals surface area (Å²) in [6.45, 7) is 4.54. The molecule has 1 saturated carbocycles. The molecule has 47 heavy (non-hydrogen) atoms. The first kappa shape index (κ1) is 42.0. The van der Waals surface area contributed by atoms with Crippen LogP contribution < -0.4 is 0 Å². The van der Waals surface area contributed by atoms with Crippen molar-refractivity contribution in [2.45, 2.75) is 218 Å². The fraction of sp³-hybridized carbons (Fsp3) is 0.818. The third kappa shape index (κ3) is 20.8. The molecular weight excluding hydrogens is 574 g/mol. The number of nitrogens with zero attached hydrogens (tertiary/aromatic N) is 1. The minimum atomic E-state index is -0.308. The molecule has 2 fully saturated rings. The van der Waals surface area contributed by atoms with Crippen LogP contribution in [0.1, 0.15) is 194 Å². The maximum absolute atomic E-state index is 6.83. The Morgan fingerprint density at radius 1 is 0.468 bits per heavy atom. The predicted octanol–water partition coefficient (Wildman–Crippen LogP) is 13.6. The summed E-state index contributed by atoms with van der Waals surface area (Å²) in [7, 11) is 4.40. The van der Waals surface area contributed by atoms with Crippen LogP contribution in [0.4, 0.5) is 0 Å². The maximum Gasteiger partial charge on any atom is 0.169 e. The van der Waals surface area contributed by atoms with Crippen molar-refractivity contribution in [3.8, 4) is 0 Å². The molecule has 0 aromatic rings. The Hall–Kier alpha value is -1.16. The molecule has 3 nitrogen and oxygen atoms in total. The van der Waals surface area contributed by atoms with Crippen molar-refractivity contribution < 1.29 is 9.47 Å². The smallest absolute Gasteiger partial charge is 0.169 e. The minimum absolute atomic E-state index is 0.302. The second-order valence-corrected chi connectivity index (χ2v) is 15.0. The van der Waals surface area contributed by atoms with E-state index >= 15 is 0 Å². The van der Waals surface area contributed by atoms with Gasteiger partial charge in [-0.2, -0.15) is 0 Å². The van der Waals surface area contributed by atoms with Crippen LogP contribution in [-0.2, 0) is 9.47 Å². The van der Waals surface area contributed by atoms with Gasteiger partial charge in [0.15, 0.2) is 5.79 Å². The van der Waals surface area contributed by atoms with Crippen LogP contribution in [-0.4, -0.2) is 43.0 Å². The van der Waals surface area contributed by atoms with Gasteiger partial charge in [-0.05, 0) is 104 Å².